The van der Waals surface area contributed by atoms with Crippen molar-refractivity contribution < 1.29 is 13.2 Å². The molecule has 6 heteroatoms. The fourth-order valence-corrected chi connectivity index (χ4v) is 4.46. The van der Waals surface area contributed by atoms with Gasteiger partial charge in [-0.25, -0.2) is 8.42 Å². The highest BCUT2D eigenvalue weighted by Gasteiger charge is 2.35. The van der Waals surface area contributed by atoms with Crippen molar-refractivity contribution in [2.75, 3.05) is 13.1 Å². The number of hydrogen-bond donors (Lipinski definition) is 0. The monoisotopic (exact) mass is 318 g/mol. The first-order chi connectivity index (χ1) is 10.6. The molecule has 0 saturated carbocycles. The summed E-state index contributed by atoms with van der Waals surface area (Å²) in [6, 6.07) is 12.2. The SMILES string of the molecule is O=C(Cn1cccc1)N1CCC(S(=O)(=O)c2ccccc2)C1. The summed E-state index contributed by atoms with van der Waals surface area (Å²) in [5.74, 6) is -0.0399. The number of nitrogens with zero attached hydrogens (tertiary/aromatic N) is 2. The lowest BCUT2D eigenvalue weighted by Crippen LogP contribution is -2.34. The van der Waals surface area contributed by atoms with Crippen molar-refractivity contribution in [1.29, 1.82) is 0 Å². The zero-order valence-corrected chi connectivity index (χ0v) is 12.9. The lowest BCUT2D eigenvalue weighted by Gasteiger charge is -2.17. The van der Waals surface area contributed by atoms with Crippen LogP contribution in [0.4, 0.5) is 0 Å². The van der Waals surface area contributed by atoms with Crippen molar-refractivity contribution in [2.45, 2.75) is 23.1 Å². The summed E-state index contributed by atoms with van der Waals surface area (Å²) in [7, 11) is -3.37. The molecule has 22 heavy (non-hydrogen) atoms. The van der Waals surface area contributed by atoms with Gasteiger partial charge in [0.05, 0.1) is 10.1 Å². The number of likely N-dealkylation sites (tertiary alicyclic amines) is 1. The van der Waals surface area contributed by atoms with Gasteiger partial charge in [0, 0.05) is 25.5 Å². The third kappa shape index (κ3) is 2.92. The van der Waals surface area contributed by atoms with Gasteiger partial charge in [-0.15, -0.1) is 0 Å². The van der Waals surface area contributed by atoms with Crippen molar-refractivity contribution in [3.63, 3.8) is 0 Å². The maximum absolute atomic E-state index is 12.6. The Labute approximate surface area is 130 Å². The molecule has 3 rings (SSSR count). The summed E-state index contributed by atoms with van der Waals surface area (Å²) in [5.41, 5.74) is 0. The lowest BCUT2D eigenvalue weighted by molar-refractivity contribution is -0.130. The summed E-state index contributed by atoms with van der Waals surface area (Å²) >= 11 is 0. The van der Waals surface area contributed by atoms with Crippen molar-refractivity contribution in [1.82, 2.24) is 9.47 Å². The Morgan fingerprint density at radius 1 is 1.09 bits per heavy atom. The van der Waals surface area contributed by atoms with E-state index in [1.54, 1.807) is 39.8 Å². The molecule has 0 radical (unpaired) electrons. The van der Waals surface area contributed by atoms with E-state index in [0.717, 1.165) is 0 Å². The van der Waals surface area contributed by atoms with Gasteiger partial charge < -0.3 is 9.47 Å². The molecule has 1 atom stereocenters. The zero-order chi connectivity index (χ0) is 15.6. The average molecular weight is 318 g/mol. The van der Waals surface area contributed by atoms with E-state index >= 15 is 0 Å². The highest BCUT2D eigenvalue weighted by atomic mass is 32.2. The molecule has 0 aliphatic carbocycles. The molecule has 0 N–H and O–H groups in total. The molecule has 1 amide bonds. The number of aromatic nitrogens is 1. The van der Waals surface area contributed by atoms with E-state index in [1.807, 2.05) is 24.5 Å². The molecule has 1 aliphatic heterocycles. The van der Waals surface area contributed by atoms with E-state index in [4.69, 9.17) is 0 Å². The van der Waals surface area contributed by atoms with Crippen molar-refractivity contribution in [3.8, 4) is 0 Å². The first-order valence-corrected chi connectivity index (χ1v) is 8.79. The first kappa shape index (κ1) is 14.8. The normalized spacial score (nSPS) is 18.5. The average Bonchev–Trinajstić information content (AvgIpc) is 3.19. The molecule has 1 aromatic heterocycles. The Morgan fingerprint density at radius 2 is 1.77 bits per heavy atom. The Morgan fingerprint density at radius 3 is 2.45 bits per heavy atom. The molecular weight excluding hydrogens is 300 g/mol. The molecular formula is C16H18N2O3S. The van der Waals surface area contributed by atoms with Gasteiger partial charge in [-0.1, -0.05) is 18.2 Å². The van der Waals surface area contributed by atoms with Crippen LogP contribution in [0.15, 0.2) is 59.8 Å². The number of benzene rings is 1. The summed E-state index contributed by atoms with van der Waals surface area (Å²) in [6.07, 6.45) is 4.15. The van der Waals surface area contributed by atoms with Gasteiger partial charge in [0.25, 0.3) is 0 Å². The van der Waals surface area contributed by atoms with E-state index in [1.165, 1.54) is 0 Å². The van der Waals surface area contributed by atoms with Crippen molar-refractivity contribution in [2.24, 2.45) is 0 Å². The molecule has 1 aliphatic rings. The van der Waals surface area contributed by atoms with Crippen molar-refractivity contribution in [3.05, 3.63) is 54.9 Å². The van der Waals surface area contributed by atoms with E-state index in [0.29, 0.717) is 17.9 Å². The molecule has 1 unspecified atom stereocenters. The molecule has 0 spiro atoms. The van der Waals surface area contributed by atoms with Crippen LogP contribution in [-0.4, -0.2) is 42.1 Å². The Hall–Kier alpha value is -2.08. The van der Waals surface area contributed by atoms with Gasteiger partial charge in [-0.3, -0.25) is 4.79 Å². The van der Waals surface area contributed by atoms with Crippen LogP contribution < -0.4 is 0 Å². The van der Waals surface area contributed by atoms with Crippen LogP contribution in [0, 0.1) is 0 Å². The van der Waals surface area contributed by atoms with E-state index < -0.39 is 15.1 Å². The van der Waals surface area contributed by atoms with Crippen LogP contribution in [-0.2, 0) is 21.2 Å². The Balaban J connectivity index is 1.68. The second-order valence-corrected chi connectivity index (χ2v) is 7.69. The molecule has 1 saturated heterocycles. The minimum absolute atomic E-state index is 0.0399. The predicted octanol–water partition coefficient (Wildman–Crippen LogP) is 1.56. The van der Waals surface area contributed by atoms with E-state index in [-0.39, 0.29) is 19.0 Å². The van der Waals surface area contributed by atoms with Gasteiger partial charge in [0.2, 0.25) is 5.91 Å². The minimum atomic E-state index is -3.37. The molecule has 0 bridgehead atoms. The lowest BCUT2D eigenvalue weighted by atomic mass is 10.4. The quantitative estimate of drug-likeness (QED) is 0.859. The number of carbonyl (C=O) groups excluding carboxylic acids is 1. The standard InChI is InChI=1S/C16H18N2O3S/c19-16(13-17-9-4-5-10-17)18-11-8-15(12-18)22(20,21)14-6-2-1-3-7-14/h1-7,9-10,15H,8,11-13H2. The summed E-state index contributed by atoms with van der Waals surface area (Å²) in [4.78, 5) is 14.2. The van der Waals surface area contributed by atoms with E-state index in [9.17, 15) is 13.2 Å². The number of hydrogen-bond acceptors (Lipinski definition) is 3. The Kier molecular flexibility index (Phi) is 4.02. The molecule has 5 nitrogen and oxygen atoms in total. The van der Waals surface area contributed by atoms with Crippen LogP contribution in [0.5, 0.6) is 0 Å². The highest BCUT2D eigenvalue weighted by molar-refractivity contribution is 7.92. The highest BCUT2D eigenvalue weighted by Crippen LogP contribution is 2.24. The molecule has 1 aromatic carbocycles. The second kappa shape index (κ2) is 5.96. The van der Waals surface area contributed by atoms with Gasteiger partial charge >= 0.3 is 0 Å². The summed E-state index contributed by atoms with van der Waals surface area (Å²) in [6.45, 7) is 1.03. The van der Waals surface area contributed by atoms with Crippen molar-refractivity contribution >= 4 is 15.7 Å². The van der Waals surface area contributed by atoms with Gasteiger partial charge in [-0.05, 0) is 30.7 Å². The smallest absolute Gasteiger partial charge is 0.242 e. The topological polar surface area (TPSA) is 59.4 Å². The zero-order valence-electron chi connectivity index (χ0n) is 12.1. The number of carbonyl (C=O) groups is 1. The van der Waals surface area contributed by atoms with Crippen LogP contribution >= 0.6 is 0 Å². The van der Waals surface area contributed by atoms with Crippen LogP contribution in [0.25, 0.3) is 0 Å². The second-order valence-electron chi connectivity index (χ2n) is 5.46. The van der Waals surface area contributed by atoms with Crippen LogP contribution in [0.3, 0.4) is 0 Å². The molecule has 1 fully saturated rings. The fourth-order valence-electron chi connectivity index (χ4n) is 2.74. The van der Waals surface area contributed by atoms with Gasteiger partial charge in [0.15, 0.2) is 9.84 Å². The predicted molar refractivity (Wildman–Crippen MR) is 83.0 cm³/mol. The van der Waals surface area contributed by atoms with Crippen LogP contribution in [0.2, 0.25) is 0 Å². The molecule has 2 aromatic rings. The third-order valence-electron chi connectivity index (χ3n) is 3.99. The summed E-state index contributed by atoms with van der Waals surface area (Å²) < 4.78 is 26.9. The number of amides is 1. The summed E-state index contributed by atoms with van der Waals surface area (Å²) in [5, 5.41) is -0.511. The largest absolute Gasteiger partial charge is 0.345 e. The minimum Gasteiger partial charge on any atom is -0.345 e. The van der Waals surface area contributed by atoms with E-state index in [2.05, 4.69) is 0 Å². The molecule has 116 valence electrons. The van der Waals surface area contributed by atoms with Crippen LogP contribution in [0.1, 0.15) is 6.42 Å². The fraction of sp³-hybridized carbons (Fsp3) is 0.312. The van der Waals surface area contributed by atoms with Gasteiger partial charge in [0.1, 0.15) is 6.54 Å². The number of rotatable bonds is 4. The number of sulfone groups is 1. The maximum atomic E-state index is 12.6. The maximum Gasteiger partial charge on any atom is 0.242 e. The first-order valence-electron chi connectivity index (χ1n) is 7.25. The third-order valence-corrected chi connectivity index (χ3v) is 6.18. The van der Waals surface area contributed by atoms with Gasteiger partial charge in [-0.2, -0.15) is 0 Å². The molecule has 2 heterocycles. The Bertz CT molecular complexity index is 739.